The van der Waals surface area contributed by atoms with Crippen LogP contribution in [0.2, 0.25) is 0 Å². The van der Waals surface area contributed by atoms with Crippen LogP contribution < -0.4 is 10.6 Å². The summed E-state index contributed by atoms with van der Waals surface area (Å²) in [7, 11) is 0. The predicted molar refractivity (Wildman–Crippen MR) is 78.1 cm³/mol. The first-order valence-electron chi connectivity index (χ1n) is 7.13. The standard InChI is InChI=1S/C16H24N2O/c1-16(2,13-7-4-3-5-8-13)11-15(19)18-14-9-6-10-17-12-14/h3-5,7-8,14,17H,6,9-12H2,1-2H3,(H,18,19)/t14-/m1/s1. The average Bonchev–Trinajstić information content (AvgIpc) is 2.40. The highest BCUT2D eigenvalue weighted by molar-refractivity contribution is 5.77. The van der Waals surface area contributed by atoms with Crippen molar-refractivity contribution in [3.63, 3.8) is 0 Å². The van der Waals surface area contributed by atoms with E-state index in [1.54, 1.807) is 0 Å². The van der Waals surface area contributed by atoms with Crippen molar-refractivity contribution in [1.29, 1.82) is 0 Å². The normalized spacial score (nSPS) is 20.0. The highest BCUT2D eigenvalue weighted by atomic mass is 16.1. The van der Waals surface area contributed by atoms with E-state index in [1.165, 1.54) is 5.56 Å². The van der Waals surface area contributed by atoms with Crippen molar-refractivity contribution < 1.29 is 4.79 Å². The summed E-state index contributed by atoms with van der Waals surface area (Å²) in [6, 6.07) is 10.5. The lowest BCUT2D eigenvalue weighted by Gasteiger charge is -2.28. The number of carbonyl (C=O) groups excluding carboxylic acids is 1. The van der Waals surface area contributed by atoms with Gasteiger partial charge in [-0.25, -0.2) is 0 Å². The Hall–Kier alpha value is -1.35. The Labute approximate surface area is 115 Å². The lowest BCUT2D eigenvalue weighted by Crippen LogP contribution is -2.46. The highest BCUT2D eigenvalue weighted by Crippen LogP contribution is 2.26. The van der Waals surface area contributed by atoms with Crippen molar-refractivity contribution in [1.82, 2.24) is 10.6 Å². The van der Waals surface area contributed by atoms with Crippen molar-refractivity contribution in [2.75, 3.05) is 13.1 Å². The molecule has 3 nitrogen and oxygen atoms in total. The van der Waals surface area contributed by atoms with E-state index in [9.17, 15) is 4.79 Å². The molecule has 1 aromatic rings. The van der Waals surface area contributed by atoms with Crippen LogP contribution >= 0.6 is 0 Å². The molecule has 1 atom stereocenters. The van der Waals surface area contributed by atoms with Crippen molar-refractivity contribution >= 4 is 5.91 Å². The molecule has 0 unspecified atom stereocenters. The van der Waals surface area contributed by atoms with Gasteiger partial charge in [-0.2, -0.15) is 0 Å². The van der Waals surface area contributed by atoms with Crippen LogP contribution in [0, 0.1) is 0 Å². The Bertz CT molecular complexity index is 408. The fourth-order valence-electron chi connectivity index (χ4n) is 2.65. The number of hydrogen-bond acceptors (Lipinski definition) is 2. The molecule has 104 valence electrons. The molecular weight excluding hydrogens is 236 g/mol. The molecule has 0 aliphatic carbocycles. The molecule has 19 heavy (non-hydrogen) atoms. The lowest BCUT2D eigenvalue weighted by molar-refractivity contribution is -0.122. The van der Waals surface area contributed by atoms with E-state index < -0.39 is 0 Å². The number of piperidine rings is 1. The zero-order valence-electron chi connectivity index (χ0n) is 11.9. The van der Waals surface area contributed by atoms with E-state index in [-0.39, 0.29) is 11.3 Å². The van der Waals surface area contributed by atoms with E-state index >= 15 is 0 Å². The molecule has 0 spiro atoms. The van der Waals surface area contributed by atoms with Gasteiger partial charge in [0, 0.05) is 19.0 Å². The van der Waals surface area contributed by atoms with E-state index in [0.29, 0.717) is 12.5 Å². The third kappa shape index (κ3) is 4.06. The molecule has 0 saturated carbocycles. The van der Waals surface area contributed by atoms with Gasteiger partial charge in [-0.1, -0.05) is 44.2 Å². The number of amides is 1. The first-order chi connectivity index (χ1) is 9.08. The first-order valence-corrected chi connectivity index (χ1v) is 7.13. The van der Waals surface area contributed by atoms with Crippen LogP contribution in [0.25, 0.3) is 0 Å². The monoisotopic (exact) mass is 260 g/mol. The topological polar surface area (TPSA) is 41.1 Å². The molecule has 1 aromatic carbocycles. The molecule has 1 amide bonds. The van der Waals surface area contributed by atoms with Crippen LogP contribution in [0.3, 0.4) is 0 Å². The molecule has 1 aliphatic heterocycles. The van der Waals surface area contributed by atoms with Gasteiger partial charge in [0.1, 0.15) is 0 Å². The quantitative estimate of drug-likeness (QED) is 0.871. The third-order valence-electron chi connectivity index (χ3n) is 3.82. The Morgan fingerprint density at radius 1 is 1.37 bits per heavy atom. The summed E-state index contributed by atoms with van der Waals surface area (Å²) >= 11 is 0. The number of benzene rings is 1. The molecule has 1 fully saturated rings. The lowest BCUT2D eigenvalue weighted by atomic mass is 9.81. The molecule has 3 heteroatoms. The van der Waals surface area contributed by atoms with Gasteiger partial charge in [0.25, 0.3) is 0 Å². The van der Waals surface area contributed by atoms with Gasteiger partial charge in [0.15, 0.2) is 0 Å². The summed E-state index contributed by atoms with van der Waals surface area (Å²) in [4.78, 5) is 12.2. The Kier molecular flexibility index (Phi) is 4.59. The minimum absolute atomic E-state index is 0.118. The summed E-state index contributed by atoms with van der Waals surface area (Å²) in [5.74, 6) is 0.155. The van der Waals surface area contributed by atoms with Crippen LogP contribution in [0.15, 0.2) is 30.3 Å². The molecular formula is C16H24N2O. The number of carbonyl (C=O) groups is 1. The number of hydrogen-bond donors (Lipinski definition) is 2. The summed E-state index contributed by atoms with van der Waals surface area (Å²) < 4.78 is 0. The first kappa shape index (κ1) is 14.1. The van der Waals surface area contributed by atoms with Gasteiger partial charge in [0.2, 0.25) is 5.91 Å². The summed E-state index contributed by atoms with van der Waals surface area (Å²) in [5.41, 5.74) is 1.10. The van der Waals surface area contributed by atoms with Crippen LogP contribution in [0.1, 0.15) is 38.7 Å². The molecule has 2 rings (SSSR count). The average molecular weight is 260 g/mol. The number of nitrogens with one attached hydrogen (secondary N) is 2. The SMILES string of the molecule is CC(C)(CC(=O)N[C@@H]1CCCNC1)c1ccccc1. The smallest absolute Gasteiger partial charge is 0.221 e. The van der Waals surface area contributed by atoms with Crippen molar-refractivity contribution in [2.24, 2.45) is 0 Å². The molecule has 1 heterocycles. The van der Waals surface area contributed by atoms with E-state index in [2.05, 4.69) is 36.6 Å². The van der Waals surface area contributed by atoms with Crippen LogP contribution in [0.5, 0.6) is 0 Å². The van der Waals surface area contributed by atoms with Gasteiger partial charge in [-0.3, -0.25) is 4.79 Å². The van der Waals surface area contributed by atoms with Crippen LogP contribution in [0.4, 0.5) is 0 Å². The maximum atomic E-state index is 12.2. The van der Waals surface area contributed by atoms with Gasteiger partial charge >= 0.3 is 0 Å². The van der Waals surface area contributed by atoms with Crippen LogP contribution in [-0.4, -0.2) is 25.0 Å². The van der Waals surface area contributed by atoms with Gasteiger partial charge in [-0.15, -0.1) is 0 Å². The van der Waals surface area contributed by atoms with E-state index in [1.807, 2.05) is 18.2 Å². The Morgan fingerprint density at radius 3 is 2.74 bits per heavy atom. The summed E-state index contributed by atoms with van der Waals surface area (Å²) in [6.45, 7) is 6.22. The summed E-state index contributed by atoms with van der Waals surface area (Å²) in [5, 5.41) is 6.46. The van der Waals surface area contributed by atoms with Gasteiger partial charge < -0.3 is 10.6 Å². The maximum Gasteiger partial charge on any atom is 0.221 e. The van der Waals surface area contributed by atoms with E-state index in [0.717, 1.165) is 25.9 Å². The minimum atomic E-state index is -0.118. The fourth-order valence-corrected chi connectivity index (χ4v) is 2.65. The minimum Gasteiger partial charge on any atom is -0.352 e. The molecule has 1 aliphatic rings. The largest absolute Gasteiger partial charge is 0.352 e. The Morgan fingerprint density at radius 2 is 2.11 bits per heavy atom. The third-order valence-corrected chi connectivity index (χ3v) is 3.82. The Balaban J connectivity index is 1.90. The second-order valence-electron chi connectivity index (χ2n) is 6.04. The zero-order valence-corrected chi connectivity index (χ0v) is 11.9. The van der Waals surface area contributed by atoms with Crippen molar-refractivity contribution in [2.45, 2.75) is 44.6 Å². The molecule has 2 N–H and O–H groups in total. The fraction of sp³-hybridized carbons (Fsp3) is 0.562. The van der Waals surface area contributed by atoms with E-state index in [4.69, 9.17) is 0 Å². The number of rotatable bonds is 4. The molecule has 0 bridgehead atoms. The molecule has 0 aromatic heterocycles. The van der Waals surface area contributed by atoms with Crippen molar-refractivity contribution in [3.05, 3.63) is 35.9 Å². The van der Waals surface area contributed by atoms with Gasteiger partial charge in [-0.05, 0) is 30.4 Å². The second-order valence-corrected chi connectivity index (χ2v) is 6.04. The second kappa shape index (κ2) is 6.20. The highest BCUT2D eigenvalue weighted by Gasteiger charge is 2.25. The predicted octanol–water partition coefficient (Wildman–Crippen LogP) is 2.22. The maximum absolute atomic E-state index is 12.2. The summed E-state index contributed by atoms with van der Waals surface area (Å²) in [6.07, 6.45) is 2.77. The molecule has 1 saturated heterocycles. The van der Waals surface area contributed by atoms with Gasteiger partial charge in [0.05, 0.1) is 0 Å². The van der Waals surface area contributed by atoms with Crippen molar-refractivity contribution in [3.8, 4) is 0 Å². The van der Waals surface area contributed by atoms with Crippen LogP contribution in [-0.2, 0) is 10.2 Å². The molecule has 0 radical (unpaired) electrons. The zero-order chi connectivity index (χ0) is 13.7.